The second-order valence-corrected chi connectivity index (χ2v) is 7.68. The van der Waals surface area contributed by atoms with Crippen LogP contribution in [-0.4, -0.2) is 24.6 Å². The van der Waals surface area contributed by atoms with Gasteiger partial charge in [0.05, 0.1) is 0 Å². The first-order valence-corrected chi connectivity index (χ1v) is 9.64. The molecule has 25 heavy (non-hydrogen) atoms. The van der Waals surface area contributed by atoms with Gasteiger partial charge in [-0.3, -0.25) is 4.79 Å². The van der Waals surface area contributed by atoms with Gasteiger partial charge in [-0.1, -0.05) is 51.2 Å². The van der Waals surface area contributed by atoms with E-state index in [-0.39, 0.29) is 18.1 Å². The molecule has 0 aliphatic rings. The number of carbonyl (C=O) groups excluding carboxylic acids is 1. The Kier molecular flexibility index (Phi) is 10.2. The van der Waals surface area contributed by atoms with Crippen LogP contribution in [0.3, 0.4) is 0 Å². The van der Waals surface area contributed by atoms with Crippen LogP contribution in [0.5, 0.6) is 5.75 Å². The van der Waals surface area contributed by atoms with Crippen LogP contribution in [0.4, 0.5) is 0 Å². The summed E-state index contributed by atoms with van der Waals surface area (Å²) in [5.41, 5.74) is 1.00. The molecule has 0 fully saturated rings. The molecular weight excluding hydrogens is 312 g/mol. The number of ether oxygens (including phenoxy) is 1. The molecule has 1 rings (SSSR count). The SMILES string of the molecule is CCCCCCCCNCc1ccc(OCC(=O)NC(C)(C)C)cc1. The molecule has 1 aromatic carbocycles. The van der Waals surface area contributed by atoms with Crippen molar-refractivity contribution in [1.82, 2.24) is 10.6 Å². The van der Waals surface area contributed by atoms with Crippen molar-refractivity contribution < 1.29 is 9.53 Å². The molecule has 0 heterocycles. The Balaban J connectivity index is 2.16. The Morgan fingerprint density at radius 1 is 1.00 bits per heavy atom. The molecule has 0 spiro atoms. The van der Waals surface area contributed by atoms with Crippen LogP contribution in [0.25, 0.3) is 0 Å². The highest BCUT2D eigenvalue weighted by atomic mass is 16.5. The van der Waals surface area contributed by atoms with Crippen molar-refractivity contribution in [1.29, 1.82) is 0 Å². The second kappa shape index (κ2) is 11.9. The lowest BCUT2D eigenvalue weighted by atomic mass is 10.1. The maximum Gasteiger partial charge on any atom is 0.258 e. The summed E-state index contributed by atoms with van der Waals surface area (Å²) in [6, 6.07) is 7.94. The number of hydrogen-bond acceptors (Lipinski definition) is 3. The highest BCUT2D eigenvalue weighted by molar-refractivity contribution is 5.78. The summed E-state index contributed by atoms with van der Waals surface area (Å²) >= 11 is 0. The number of nitrogens with one attached hydrogen (secondary N) is 2. The molecule has 2 N–H and O–H groups in total. The molecule has 0 unspecified atom stereocenters. The van der Waals surface area contributed by atoms with E-state index in [1.54, 1.807) is 0 Å². The maximum atomic E-state index is 11.7. The number of carbonyl (C=O) groups is 1. The normalized spacial score (nSPS) is 11.4. The molecule has 0 atom stereocenters. The zero-order valence-electron chi connectivity index (χ0n) is 16.5. The fourth-order valence-electron chi connectivity index (χ4n) is 2.57. The van der Waals surface area contributed by atoms with E-state index >= 15 is 0 Å². The Bertz CT molecular complexity index is 478. The van der Waals surface area contributed by atoms with Crippen molar-refractivity contribution in [3.05, 3.63) is 29.8 Å². The van der Waals surface area contributed by atoms with E-state index in [2.05, 4.69) is 17.6 Å². The first-order chi connectivity index (χ1) is 11.9. The topological polar surface area (TPSA) is 50.4 Å². The molecule has 0 aromatic heterocycles. The van der Waals surface area contributed by atoms with Crippen LogP contribution in [0.1, 0.15) is 71.8 Å². The van der Waals surface area contributed by atoms with Gasteiger partial charge in [-0.2, -0.15) is 0 Å². The average molecular weight is 349 g/mol. The number of benzene rings is 1. The minimum Gasteiger partial charge on any atom is -0.484 e. The highest BCUT2D eigenvalue weighted by Crippen LogP contribution is 2.12. The van der Waals surface area contributed by atoms with Crippen LogP contribution in [0.2, 0.25) is 0 Å². The number of hydrogen-bond donors (Lipinski definition) is 2. The van der Waals surface area contributed by atoms with E-state index in [4.69, 9.17) is 4.74 Å². The molecule has 1 aromatic rings. The van der Waals surface area contributed by atoms with Crippen molar-refractivity contribution >= 4 is 5.91 Å². The molecule has 0 aliphatic carbocycles. The summed E-state index contributed by atoms with van der Waals surface area (Å²) in [6.45, 7) is 10.1. The van der Waals surface area contributed by atoms with Crippen LogP contribution in [0, 0.1) is 0 Å². The van der Waals surface area contributed by atoms with Crippen molar-refractivity contribution in [3.8, 4) is 5.75 Å². The molecule has 4 heteroatoms. The number of amides is 1. The van der Waals surface area contributed by atoms with Crippen LogP contribution in [0.15, 0.2) is 24.3 Å². The summed E-state index contributed by atoms with van der Waals surface area (Å²) in [4.78, 5) is 11.7. The van der Waals surface area contributed by atoms with Gasteiger partial charge >= 0.3 is 0 Å². The lowest BCUT2D eigenvalue weighted by Gasteiger charge is -2.20. The Morgan fingerprint density at radius 3 is 2.28 bits per heavy atom. The quantitative estimate of drug-likeness (QED) is 0.549. The lowest BCUT2D eigenvalue weighted by molar-refractivity contribution is -0.124. The molecule has 4 nitrogen and oxygen atoms in total. The van der Waals surface area contributed by atoms with Gasteiger partial charge in [0.1, 0.15) is 5.75 Å². The molecule has 1 amide bonds. The van der Waals surface area contributed by atoms with Gasteiger partial charge in [0.15, 0.2) is 6.61 Å². The summed E-state index contributed by atoms with van der Waals surface area (Å²) in [5.74, 6) is 0.626. The van der Waals surface area contributed by atoms with Gasteiger partial charge in [-0.05, 0) is 51.4 Å². The van der Waals surface area contributed by atoms with Crippen molar-refractivity contribution in [3.63, 3.8) is 0 Å². The van der Waals surface area contributed by atoms with Crippen molar-refractivity contribution in [2.45, 2.75) is 78.3 Å². The van der Waals surface area contributed by atoms with Crippen LogP contribution >= 0.6 is 0 Å². The predicted octanol–water partition coefficient (Wildman–Crippen LogP) is 4.43. The van der Waals surface area contributed by atoms with E-state index in [0.717, 1.165) is 18.8 Å². The van der Waals surface area contributed by atoms with E-state index in [9.17, 15) is 4.79 Å². The van der Waals surface area contributed by atoms with E-state index < -0.39 is 0 Å². The fraction of sp³-hybridized carbons (Fsp3) is 0.667. The fourth-order valence-corrected chi connectivity index (χ4v) is 2.57. The minimum atomic E-state index is -0.230. The summed E-state index contributed by atoms with van der Waals surface area (Å²) in [6.07, 6.45) is 7.94. The first kappa shape index (κ1) is 21.5. The standard InChI is InChI=1S/C21H36N2O2/c1-5-6-7-8-9-10-15-22-16-18-11-13-19(14-12-18)25-17-20(24)23-21(2,3)4/h11-14,22H,5-10,15-17H2,1-4H3,(H,23,24). The minimum absolute atomic E-state index is 0.0485. The summed E-state index contributed by atoms with van der Waals surface area (Å²) in [7, 11) is 0. The molecule has 0 saturated heterocycles. The Labute approximate surface area is 153 Å². The molecule has 0 saturated carbocycles. The van der Waals surface area contributed by atoms with Gasteiger partial charge in [-0.15, -0.1) is 0 Å². The van der Waals surface area contributed by atoms with E-state index in [0.29, 0.717) is 0 Å². The molecule has 142 valence electrons. The summed E-state index contributed by atoms with van der Waals surface area (Å²) < 4.78 is 5.53. The highest BCUT2D eigenvalue weighted by Gasteiger charge is 2.13. The van der Waals surface area contributed by atoms with Gasteiger partial charge in [0.2, 0.25) is 0 Å². The maximum absolute atomic E-state index is 11.7. The van der Waals surface area contributed by atoms with Crippen LogP contribution < -0.4 is 15.4 Å². The van der Waals surface area contributed by atoms with Gasteiger partial charge in [-0.25, -0.2) is 0 Å². The van der Waals surface area contributed by atoms with E-state index in [1.807, 2.05) is 45.0 Å². The zero-order valence-corrected chi connectivity index (χ0v) is 16.5. The van der Waals surface area contributed by atoms with Gasteiger partial charge in [0.25, 0.3) is 5.91 Å². The molecule has 0 aliphatic heterocycles. The van der Waals surface area contributed by atoms with Gasteiger partial charge < -0.3 is 15.4 Å². The third-order valence-corrected chi connectivity index (χ3v) is 3.84. The average Bonchev–Trinajstić information content (AvgIpc) is 2.55. The van der Waals surface area contributed by atoms with Gasteiger partial charge in [0, 0.05) is 12.1 Å². The van der Waals surface area contributed by atoms with Crippen LogP contribution in [-0.2, 0) is 11.3 Å². The first-order valence-electron chi connectivity index (χ1n) is 9.64. The predicted molar refractivity (Wildman–Crippen MR) is 105 cm³/mol. The lowest BCUT2D eigenvalue weighted by Crippen LogP contribution is -2.43. The molecular formula is C21H36N2O2. The third kappa shape index (κ3) is 11.6. The Hall–Kier alpha value is -1.55. The molecule has 0 bridgehead atoms. The third-order valence-electron chi connectivity index (χ3n) is 3.84. The zero-order chi connectivity index (χ0) is 18.5. The monoisotopic (exact) mass is 348 g/mol. The number of rotatable bonds is 12. The van der Waals surface area contributed by atoms with Crippen molar-refractivity contribution in [2.24, 2.45) is 0 Å². The van der Waals surface area contributed by atoms with Crippen molar-refractivity contribution in [2.75, 3.05) is 13.2 Å². The largest absolute Gasteiger partial charge is 0.484 e. The summed E-state index contributed by atoms with van der Waals surface area (Å²) in [5, 5.41) is 6.37. The number of unbranched alkanes of at least 4 members (excludes halogenated alkanes) is 5. The smallest absolute Gasteiger partial charge is 0.258 e. The molecule has 0 radical (unpaired) electrons. The second-order valence-electron chi connectivity index (χ2n) is 7.68. The van der Waals surface area contributed by atoms with E-state index in [1.165, 1.54) is 44.1 Å². The Morgan fingerprint density at radius 2 is 1.64 bits per heavy atom.